The molecule has 23 heavy (non-hydrogen) atoms. The minimum atomic E-state index is -3.84. The maximum absolute atomic E-state index is 14.0. The van der Waals surface area contributed by atoms with Crippen molar-refractivity contribution in [2.75, 3.05) is 15.9 Å². The fraction of sp³-hybridized carbons (Fsp3) is 0.188. The molecule has 0 spiro atoms. The number of hydrogen-bond acceptors (Lipinski definition) is 3. The summed E-state index contributed by atoms with van der Waals surface area (Å²) in [6, 6.07) is 13.0. The van der Waals surface area contributed by atoms with Gasteiger partial charge >= 0.3 is 0 Å². The van der Waals surface area contributed by atoms with Crippen LogP contribution in [0.15, 0.2) is 54.6 Å². The van der Waals surface area contributed by atoms with Crippen LogP contribution in [0.1, 0.15) is 6.92 Å². The molecule has 2 aromatic carbocycles. The van der Waals surface area contributed by atoms with Gasteiger partial charge in [-0.3, -0.25) is 9.10 Å². The van der Waals surface area contributed by atoms with Crippen molar-refractivity contribution >= 4 is 27.3 Å². The SMILES string of the molecule is CC(C(=O)Nc1ccccc1)N(c1ccccc1F)S(C)(=O)=O. The van der Waals surface area contributed by atoms with Gasteiger partial charge in [-0.15, -0.1) is 0 Å². The van der Waals surface area contributed by atoms with Gasteiger partial charge in [-0.25, -0.2) is 12.8 Å². The van der Waals surface area contributed by atoms with Crippen LogP contribution in [0.4, 0.5) is 15.8 Å². The molecule has 0 fully saturated rings. The number of nitrogens with one attached hydrogen (secondary N) is 1. The van der Waals surface area contributed by atoms with E-state index in [4.69, 9.17) is 0 Å². The van der Waals surface area contributed by atoms with E-state index in [1.54, 1.807) is 30.3 Å². The Balaban J connectivity index is 2.33. The number of carbonyl (C=O) groups excluding carboxylic acids is 1. The summed E-state index contributed by atoms with van der Waals surface area (Å²) in [7, 11) is -3.84. The summed E-state index contributed by atoms with van der Waals surface area (Å²) in [5.41, 5.74) is 0.372. The molecule has 7 heteroatoms. The molecule has 2 aromatic rings. The van der Waals surface area contributed by atoms with E-state index in [-0.39, 0.29) is 5.69 Å². The number of rotatable bonds is 5. The second kappa shape index (κ2) is 6.78. The van der Waals surface area contributed by atoms with Gasteiger partial charge in [0.25, 0.3) is 0 Å². The lowest BCUT2D eigenvalue weighted by atomic mass is 10.2. The molecular formula is C16H17FN2O3S. The van der Waals surface area contributed by atoms with Crippen molar-refractivity contribution in [3.63, 3.8) is 0 Å². The highest BCUT2D eigenvalue weighted by Gasteiger charge is 2.30. The van der Waals surface area contributed by atoms with Crippen LogP contribution in [-0.4, -0.2) is 26.6 Å². The second-order valence-electron chi connectivity index (χ2n) is 5.04. The summed E-state index contributed by atoms with van der Waals surface area (Å²) in [6.45, 7) is 1.41. The number of anilines is 2. The molecule has 1 N–H and O–H groups in total. The topological polar surface area (TPSA) is 66.5 Å². The predicted octanol–water partition coefficient (Wildman–Crippen LogP) is 2.62. The van der Waals surface area contributed by atoms with Gasteiger partial charge in [0.2, 0.25) is 15.9 Å². The number of nitrogens with zero attached hydrogens (tertiary/aromatic N) is 1. The van der Waals surface area contributed by atoms with Gasteiger partial charge in [0.1, 0.15) is 11.9 Å². The first-order valence-electron chi connectivity index (χ1n) is 6.90. The Morgan fingerprint density at radius 3 is 2.22 bits per heavy atom. The first-order valence-corrected chi connectivity index (χ1v) is 8.75. The number of sulfonamides is 1. The Labute approximate surface area is 134 Å². The molecule has 0 saturated heterocycles. The molecule has 0 radical (unpaired) electrons. The molecule has 0 aliphatic rings. The quantitative estimate of drug-likeness (QED) is 0.913. The molecule has 0 heterocycles. The number of amides is 1. The van der Waals surface area contributed by atoms with Crippen molar-refractivity contribution in [3.8, 4) is 0 Å². The Kier molecular flexibility index (Phi) is 5.00. The summed E-state index contributed by atoms with van der Waals surface area (Å²) in [5.74, 6) is -1.26. The van der Waals surface area contributed by atoms with E-state index in [2.05, 4.69) is 5.32 Å². The molecule has 5 nitrogen and oxygen atoms in total. The van der Waals surface area contributed by atoms with Crippen molar-refractivity contribution in [1.29, 1.82) is 0 Å². The van der Waals surface area contributed by atoms with Crippen LogP contribution in [0.25, 0.3) is 0 Å². The molecule has 0 saturated carbocycles. The smallest absolute Gasteiger partial charge is 0.247 e. The van der Waals surface area contributed by atoms with Gasteiger partial charge < -0.3 is 5.32 Å². The van der Waals surface area contributed by atoms with Crippen LogP contribution in [0, 0.1) is 5.82 Å². The lowest BCUT2D eigenvalue weighted by Crippen LogP contribution is -2.45. The highest BCUT2D eigenvalue weighted by atomic mass is 32.2. The number of hydrogen-bond donors (Lipinski definition) is 1. The van der Waals surface area contributed by atoms with E-state index in [9.17, 15) is 17.6 Å². The summed E-state index contributed by atoms with van der Waals surface area (Å²) in [6.07, 6.45) is 0.936. The van der Waals surface area contributed by atoms with E-state index >= 15 is 0 Å². The van der Waals surface area contributed by atoms with E-state index in [0.717, 1.165) is 16.6 Å². The van der Waals surface area contributed by atoms with Gasteiger partial charge in [-0.1, -0.05) is 30.3 Å². The lowest BCUT2D eigenvalue weighted by Gasteiger charge is -2.28. The largest absolute Gasteiger partial charge is 0.324 e. The Morgan fingerprint density at radius 2 is 1.65 bits per heavy atom. The molecular weight excluding hydrogens is 319 g/mol. The maximum Gasteiger partial charge on any atom is 0.247 e. The lowest BCUT2D eigenvalue weighted by molar-refractivity contribution is -0.116. The van der Waals surface area contributed by atoms with E-state index in [1.165, 1.54) is 25.1 Å². The monoisotopic (exact) mass is 336 g/mol. The summed E-state index contributed by atoms with van der Waals surface area (Å²) < 4.78 is 38.9. The summed E-state index contributed by atoms with van der Waals surface area (Å²) in [5, 5.41) is 2.62. The minimum Gasteiger partial charge on any atom is -0.324 e. The van der Waals surface area contributed by atoms with Gasteiger partial charge in [0.05, 0.1) is 11.9 Å². The van der Waals surface area contributed by atoms with Crippen molar-refractivity contribution in [1.82, 2.24) is 0 Å². The Morgan fingerprint density at radius 1 is 1.09 bits per heavy atom. The average molecular weight is 336 g/mol. The van der Waals surface area contributed by atoms with Crippen LogP contribution in [0.3, 0.4) is 0 Å². The highest BCUT2D eigenvalue weighted by Crippen LogP contribution is 2.24. The van der Waals surface area contributed by atoms with Crippen molar-refractivity contribution in [3.05, 3.63) is 60.4 Å². The normalized spacial score (nSPS) is 12.5. The third kappa shape index (κ3) is 4.07. The zero-order valence-electron chi connectivity index (χ0n) is 12.7. The number of halogens is 1. The van der Waals surface area contributed by atoms with Gasteiger partial charge in [-0.05, 0) is 31.2 Å². The molecule has 0 aliphatic carbocycles. The zero-order valence-corrected chi connectivity index (χ0v) is 13.5. The Hall–Kier alpha value is -2.41. The summed E-state index contributed by atoms with van der Waals surface area (Å²) in [4.78, 5) is 12.3. The van der Waals surface area contributed by atoms with Crippen LogP contribution < -0.4 is 9.62 Å². The molecule has 0 aromatic heterocycles. The third-order valence-corrected chi connectivity index (χ3v) is 4.45. The number of para-hydroxylation sites is 2. The summed E-state index contributed by atoms with van der Waals surface area (Å²) >= 11 is 0. The van der Waals surface area contributed by atoms with Gasteiger partial charge in [0, 0.05) is 5.69 Å². The fourth-order valence-electron chi connectivity index (χ4n) is 2.18. The average Bonchev–Trinajstić information content (AvgIpc) is 2.49. The molecule has 122 valence electrons. The second-order valence-corrected chi connectivity index (χ2v) is 6.90. The first kappa shape index (κ1) is 17.0. The number of benzene rings is 2. The molecule has 0 bridgehead atoms. The van der Waals surface area contributed by atoms with Crippen molar-refractivity contribution in [2.45, 2.75) is 13.0 Å². The van der Waals surface area contributed by atoms with Crippen molar-refractivity contribution in [2.24, 2.45) is 0 Å². The molecule has 1 unspecified atom stereocenters. The van der Waals surface area contributed by atoms with E-state index in [0.29, 0.717) is 5.69 Å². The van der Waals surface area contributed by atoms with Crippen molar-refractivity contribution < 1.29 is 17.6 Å². The standard InChI is InChI=1S/C16H17FN2O3S/c1-12(16(20)18-13-8-4-3-5-9-13)19(23(2,21)22)15-11-7-6-10-14(15)17/h3-12H,1-2H3,(H,18,20). The van der Waals surface area contributed by atoms with Crippen LogP contribution in [-0.2, 0) is 14.8 Å². The fourth-order valence-corrected chi connectivity index (χ4v) is 3.36. The number of carbonyl (C=O) groups is 1. The molecule has 1 atom stereocenters. The van der Waals surface area contributed by atoms with Gasteiger partial charge in [-0.2, -0.15) is 0 Å². The maximum atomic E-state index is 14.0. The van der Waals surface area contributed by atoms with Crippen LogP contribution in [0.5, 0.6) is 0 Å². The first-order chi connectivity index (χ1) is 10.8. The minimum absolute atomic E-state index is 0.161. The molecule has 1 amide bonds. The van der Waals surface area contributed by atoms with Crippen LogP contribution >= 0.6 is 0 Å². The third-order valence-electron chi connectivity index (χ3n) is 3.22. The van der Waals surface area contributed by atoms with E-state index in [1.807, 2.05) is 0 Å². The van der Waals surface area contributed by atoms with Gasteiger partial charge in [0.15, 0.2) is 0 Å². The van der Waals surface area contributed by atoms with Crippen LogP contribution in [0.2, 0.25) is 0 Å². The molecule has 2 rings (SSSR count). The van der Waals surface area contributed by atoms with E-state index < -0.39 is 27.8 Å². The predicted molar refractivity (Wildman–Crippen MR) is 88.3 cm³/mol. The zero-order chi connectivity index (χ0) is 17.0. The highest BCUT2D eigenvalue weighted by molar-refractivity contribution is 7.92. The Bertz CT molecular complexity index is 794. The molecule has 0 aliphatic heterocycles.